The molecule has 2 heterocycles. The van der Waals surface area contributed by atoms with Crippen molar-refractivity contribution >= 4 is 5.69 Å². The van der Waals surface area contributed by atoms with Crippen molar-refractivity contribution in [2.24, 2.45) is 0 Å². The summed E-state index contributed by atoms with van der Waals surface area (Å²) < 4.78 is 7.10. The van der Waals surface area contributed by atoms with E-state index >= 15 is 0 Å². The van der Waals surface area contributed by atoms with E-state index in [1.807, 2.05) is 12.1 Å². The van der Waals surface area contributed by atoms with E-state index in [9.17, 15) is 10.1 Å². The van der Waals surface area contributed by atoms with Crippen LogP contribution < -0.4 is 12.4 Å². The third-order valence-electron chi connectivity index (χ3n) is 5.40. The van der Waals surface area contributed by atoms with Crippen LogP contribution >= 0.6 is 0 Å². The van der Waals surface area contributed by atoms with Crippen LogP contribution in [0.25, 0.3) is 0 Å². The number of nitro benzene ring substituents is 1. The van der Waals surface area contributed by atoms with Gasteiger partial charge in [0.2, 0.25) is 0 Å². The number of nitrogens with zero attached hydrogens (tertiary/aromatic N) is 3. The van der Waals surface area contributed by atoms with E-state index in [0.717, 1.165) is 39.1 Å². The monoisotopic (exact) mass is 369 g/mol. The van der Waals surface area contributed by atoms with Crippen LogP contribution in [0.3, 0.4) is 0 Å². The third-order valence-corrected chi connectivity index (χ3v) is 5.40. The maximum absolute atomic E-state index is 10.7. The molecule has 1 aromatic carbocycles. The predicted molar refractivity (Wildman–Crippen MR) is 93.0 cm³/mol. The Morgan fingerprint density at radius 3 is 2.24 bits per heavy atom. The molecule has 0 amide bonds. The van der Waals surface area contributed by atoms with Crippen LogP contribution in [0.15, 0.2) is 24.3 Å². The molecule has 25 heavy (non-hydrogen) atoms. The Balaban J connectivity index is 0.00000225. The van der Waals surface area contributed by atoms with Crippen LogP contribution in [-0.2, 0) is 11.2 Å². The van der Waals surface area contributed by atoms with Gasteiger partial charge < -0.3 is 21.6 Å². The number of quaternary nitrogens is 1. The maximum atomic E-state index is 10.7. The van der Waals surface area contributed by atoms with Gasteiger partial charge in [0.25, 0.3) is 5.69 Å². The number of hydrogen-bond acceptors (Lipinski definition) is 4. The van der Waals surface area contributed by atoms with E-state index in [-0.39, 0.29) is 23.0 Å². The minimum Gasteiger partial charge on any atom is -1.00 e. The fraction of sp³-hybridized carbons (Fsp3) is 0.667. The molecule has 0 N–H and O–H groups in total. The van der Waals surface area contributed by atoms with Crippen molar-refractivity contribution in [2.45, 2.75) is 32.5 Å². The molecule has 2 fully saturated rings. The molecule has 0 radical (unpaired) electrons. The molecule has 2 atom stereocenters. The van der Waals surface area contributed by atoms with Gasteiger partial charge in [-0.1, -0.05) is 12.1 Å². The third kappa shape index (κ3) is 5.14. The molecular weight excluding hydrogens is 342 g/mol. The van der Waals surface area contributed by atoms with Crippen molar-refractivity contribution in [3.63, 3.8) is 0 Å². The van der Waals surface area contributed by atoms with Crippen molar-refractivity contribution in [1.82, 2.24) is 4.90 Å². The van der Waals surface area contributed by atoms with Crippen molar-refractivity contribution in [1.29, 1.82) is 0 Å². The lowest BCUT2D eigenvalue weighted by Crippen LogP contribution is -3.00. The van der Waals surface area contributed by atoms with Gasteiger partial charge in [-0.3, -0.25) is 15.0 Å². The molecular formula is C18H28ClN3O3. The minimum atomic E-state index is -0.346. The zero-order chi connectivity index (χ0) is 17.2. The van der Waals surface area contributed by atoms with Gasteiger partial charge in [0, 0.05) is 31.8 Å². The average molecular weight is 370 g/mol. The van der Waals surface area contributed by atoms with E-state index < -0.39 is 0 Å². The molecule has 2 saturated heterocycles. The zero-order valence-corrected chi connectivity index (χ0v) is 15.8. The first-order chi connectivity index (χ1) is 11.5. The molecule has 7 heteroatoms. The number of hydrogen-bond donors (Lipinski definition) is 0. The van der Waals surface area contributed by atoms with Crippen molar-refractivity contribution < 1.29 is 26.6 Å². The highest BCUT2D eigenvalue weighted by atomic mass is 35.5. The highest BCUT2D eigenvalue weighted by molar-refractivity contribution is 5.32. The molecule has 2 unspecified atom stereocenters. The van der Waals surface area contributed by atoms with Crippen molar-refractivity contribution in [3.8, 4) is 0 Å². The number of nitro groups is 1. The smallest absolute Gasteiger partial charge is 0.269 e. The Bertz CT molecular complexity index is 561. The standard InChI is InChI=1S/C18H28N3O3.ClH/c1-15-13-21(14-16(2)24-15)11-9-19(10-12-21)8-7-17-3-5-18(6-4-17)20(22)23;/h3-6,15-16H,7-14H2,1-2H3;1H/q+1;/p-1. The Labute approximate surface area is 155 Å². The lowest BCUT2D eigenvalue weighted by molar-refractivity contribution is -0.945. The molecule has 140 valence electrons. The number of benzene rings is 1. The topological polar surface area (TPSA) is 55.6 Å². The Kier molecular flexibility index (Phi) is 6.79. The van der Waals surface area contributed by atoms with E-state index in [1.165, 1.54) is 23.1 Å². The van der Waals surface area contributed by atoms with Gasteiger partial charge in [0.05, 0.1) is 18.0 Å². The summed E-state index contributed by atoms with van der Waals surface area (Å²) in [7, 11) is 0. The van der Waals surface area contributed by atoms with Gasteiger partial charge >= 0.3 is 0 Å². The quantitative estimate of drug-likeness (QED) is 0.391. The second-order valence-corrected chi connectivity index (χ2v) is 7.43. The van der Waals surface area contributed by atoms with Gasteiger partial charge in [0.1, 0.15) is 25.3 Å². The summed E-state index contributed by atoms with van der Waals surface area (Å²) in [6.45, 7) is 12.4. The summed E-state index contributed by atoms with van der Waals surface area (Å²) in [5, 5.41) is 10.7. The lowest BCUT2D eigenvalue weighted by Gasteiger charge is -2.50. The Morgan fingerprint density at radius 1 is 1.16 bits per heavy atom. The molecule has 0 saturated carbocycles. The molecule has 6 nitrogen and oxygen atoms in total. The molecule has 0 bridgehead atoms. The predicted octanol–water partition coefficient (Wildman–Crippen LogP) is -0.919. The molecule has 2 aliphatic rings. The normalized spacial score (nSPS) is 26.2. The Morgan fingerprint density at radius 2 is 1.72 bits per heavy atom. The molecule has 0 aliphatic carbocycles. The molecule has 1 spiro atoms. The maximum Gasteiger partial charge on any atom is 0.269 e. The largest absolute Gasteiger partial charge is 1.00 e. The fourth-order valence-corrected chi connectivity index (χ4v) is 4.24. The van der Waals surface area contributed by atoms with Crippen molar-refractivity contribution in [2.75, 3.05) is 45.8 Å². The van der Waals surface area contributed by atoms with Gasteiger partial charge in [-0.15, -0.1) is 0 Å². The van der Waals surface area contributed by atoms with Crippen LogP contribution in [0.1, 0.15) is 19.4 Å². The summed E-state index contributed by atoms with van der Waals surface area (Å²) in [5.74, 6) is 0. The summed E-state index contributed by atoms with van der Waals surface area (Å²) >= 11 is 0. The number of morpholine rings is 1. The summed E-state index contributed by atoms with van der Waals surface area (Å²) in [6.07, 6.45) is 1.68. The van der Waals surface area contributed by atoms with E-state index in [2.05, 4.69) is 18.7 Å². The number of piperazine rings is 1. The highest BCUT2D eigenvalue weighted by Gasteiger charge is 2.39. The highest BCUT2D eigenvalue weighted by Crippen LogP contribution is 2.22. The number of halogens is 1. The lowest BCUT2D eigenvalue weighted by atomic mass is 10.1. The Hall–Kier alpha value is -1.21. The summed E-state index contributed by atoms with van der Waals surface area (Å²) in [4.78, 5) is 12.9. The SMILES string of the molecule is CC1C[N+]2(CCN(CCc3ccc([N+](=O)[O-])cc3)CC2)CC(C)O1.[Cl-]. The fourth-order valence-electron chi connectivity index (χ4n) is 4.24. The number of ether oxygens (including phenoxy) is 1. The van der Waals surface area contributed by atoms with Gasteiger partial charge in [-0.05, 0) is 25.8 Å². The van der Waals surface area contributed by atoms with Crippen LogP contribution in [0, 0.1) is 10.1 Å². The van der Waals surface area contributed by atoms with Crippen LogP contribution in [0.5, 0.6) is 0 Å². The zero-order valence-electron chi connectivity index (χ0n) is 15.1. The van der Waals surface area contributed by atoms with E-state index in [0.29, 0.717) is 12.2 Å². The number of non-ortho nitro benzene ring substituents is 1. The molecule has 3 rings (SSSR count). The van der Waals surface area contributed by atoms with E-state index in [1.54, 1.807) is 12.1 Å². The second-order valence-electron chi connectivity index (χ2n) is 7.43. The second kappa shape index (κ2) is 8.45. The van der Waals surface area contributed by atoms with Crippen LogP contribution in [-0.4, -0.2) is 72.3 Å². The number of rotatable bonds is 4. The van der Waals surface area contributed by atoms with Crippen LogP contribution in [0.4, 0.5) is 5.69 Å². The first-order valence-electron chi connectivity index (χ1n) is 8.92. The summed E-state index contributed by atoms with van der Waals surface area (Å²) in [5.41, 5.74) is 1.34. The molecule has 0 aromatic heterocycles. The minimum absolute atomic E-state index is 0. The summed E-state index contributed by atoms with van der Waals surface area (Å²) in [6, 6.07) is 6.95. The average Bonchev–Trinajstić information content (AvgIpc) is 2.54. The van der Waals surface area contributed by atoms with Crippen LogP contribution in [0.2, 0.25) is 0 Å². The van der Waals surface area contributed by atoms with Crippen molar-refractivity contribution in [3.05, 3.63) is 39.9 Å². The van der Waals surface area contributed by atoms with Gasteiger partial charge in [0.15, 0.2) is 0 Å². The molecule has 1 aromatic rings. The van der Waals surface area contributed by atoms with Gasteiger partial charge in [-0.25, -0.2) is 0 Å². The first kappa shape index (κ1) is 20.1. The molecule has 2 aliphatic heterocycles. The first-order valence-corrected chi connectivity index (χ1v) is 8.92. The van der Waals surface area contributed by atoms with Gasteiger partial charge in [-0.2, -0.15) is 0 Å². The van der Waals surface area contributed by atoms with E-state index in [4.69, 9.17) is 4.74 Å².